The van der Waals surface area contributed by atoms with Gasteiger partial charge in [-0.15, -0.1) is 0 Å². The molecule has 1 saturated heterocycles. The van der Waals surface area contributed by atoms with Crippen LogP contribution in [0.3, 0.4) is 0 Å². The molecule has 2 aromatic carbocycles. The van der Waals surface area contributed by atoms with Crippen LogP contribution >= 0.6 is 11.6 Å². The van der Waals surface area contributed by atoms with Gasteiger partial charge in [0.1, 0.15) is 18.1 Å². The second-order valence-electron chi connectivity index (χ2n) is 8.01. The van der Waals surface area contributed by atoms with E-state index in [0.29, 0.717) is 46.4 Å². The summed E-state index contributed by atoms with van der Waals surface area (Å²) < 4.78 is 14.4. The van der Waals surface area contributed by atoms with Gasteiger partial charge in [-0.1, -0.05) is 30.7 Å². The second kappa shape index (κ2) is 8.56. The molecular weight excluding hydrogens is 405 g/mol. The number of rotatable bonds is 4. The van der Waals surface area contributed by atoms with E-state index < -0.39 is 11.9 Å². The monoisotopic (exact) mass is 427 g/mol. The van der Waals surface area contributed by atoms with Gasteiger partial charge in [0.05, 0.1) is 10.7 Å². The van der Waals surface area contributed by atoms with Crippen molar-refractivity contribution in [3.63, 3.8) is 0 Å². The lowest BCUT2D eigenvalue weighted by atomic mass is 9.92. The Morgan fingerprint density at radius 1 is 1.30 bits per heavy atom. The van der Waals surface area contributed by atoms with E-state index in [1.54, 1.807) is 23.1 Å². The summed E-state index contributed by atoms with van der Waals surface area (Å²) in [5.74, 6) is -0.00417. The number of hydrogen-bond acceptors (Lipinski definition) is 4. The van der Waals surface area contributed by atoms with Crippen LogP contribution in [-0.2, 0) is 11.2 Å². The molecule has 2 aliphatic heterocycles. The maximum absolute atomic E-state index is 14.4. The van der Waals surface area contributed by atoms with Crippen LogP contribution in [0.25, 0.3) is 0 Å². The minimum absolute atomic E-state index is 0.147. The first-order chi connectivity index (χ1) is 14.5. The Hall–Kier alpha value is -2.73. The number of likely N-dealkylation sites (tertiary alicyclic amines) is 1. The standard InChI is InChI=1S/C23H23ClFN3O2/c1-14-5-7-28(8-6-14)23(30)16-9-15(10-17(25)12-16)11-20-22-18(3-2-4-19(22)24)21(13-29)27-26-20/h2-4,9-10,12-14,21,27H,5-8,11H2,1H3. The minimum Gasteiger partial charge on any atom is -0.339 e. The number of benzene rings is 2. The van der Waals surface area contributed by atoms with E-state index >= 15 is 0 Å². The highest BCUT2D eigenvalue weighted by atomic mass is 35.5. The Balaban J connectivity index is 1.61. The third-order valence-electron chi connectivity index (χ3n) is 5.79. The summed E-state index contributed by atoms with van der Waals surface area (Å²) in [7, 11) is 0. The molecule has 156 valence electrons. The fourth-order valence-electron chi connectivity index (χ4n) is 4.07. The fraction of sp³-hybridized carbons (Fsp3) is 0.348. The SMILES string of the molecule is CC1CCN(C(=O)c2cc(F)cc(CC3=NNC(C=O)c4cccc(Cl)c43)c2)CC1. The first kappa shape index (κ1) is 20.5. The number of halogens is 2. The van der Waals surface area contributed by atoms with Crippen LogP contribution in [0.2, 0.25) is 5.02 Å². The maximum atomic E-state index is 14.4. The third kappa shape index (κ3) is 4.10. The average Bonchev–Trinajstić information content (AvgIpc) is 2.73. The number of piperidine rings is 1. The van der Waals surface area contributed by atoms with Crippen molar-refractivity contribution in [3.05, 3.63) is 69.5 Å². The summed E-state index contributed by atoms with van der Waals surface area (Å²) in [6.45, 7) is 3.57. The molecule has 0 spiro atoms. The number of carbonyl (C=O) groups excluding carboxylic acids is 2. The normalized spacial score (nSPS) is 19.0. The van der Waals surface area contributed by atoms with Crippen molar-refractivity contribution in [1.82, 2.24) is 10.3 Å². The zero-order valence-corrected chi connectivity index (χ0v) is 17.5. The van der Waals surface area contributed by atoms with E-state index in [9.17, 15) is 14.0 Å². The molecule has 4 rings (SSSR count). The first-order valence-electron chi connectivity index (χ1n) is 10.1. The molecule has 0 radical (unpaired) electrons. The van der Waals surface area contributed by atoms with Crippen molar-refractivity contribution in [2.75, 3.05) is 13.1 Å². The molecule has 0 aromatic heterocycles. The van der Waals surface area contributed by atoms with Gasteiger partial charge in [-0.3, -0.25) is 10.2 Å². The van der Waals surface area contributed by atoms with E-state index in [1.807, 2.05) is 6.07 Å². The van der Waals surface area contributed by atoms with Crippen LogP contribution in [0.4, 0.5) is 4.39 Å². The average molecular weight is 428 g/mol. The fourth-order valence-corrected chi connectivity index (χ4v) is 4.36. The Kier molecular flexibility index (Phi) is 5.86. The molecule has 0 bridgehead atoms. The summed E-state index contributed by atoms with van der Waals surface area (Å²) in [6, 6.07) is 9.16. The molecule has 2 aromatic rings. The Morgan fingerprint density at radius 3 is 2.80 bits per heavy atom. The van der Waals surface area contributed by atoms with Crippen LogP contribution < -0.4 is 5.43 Å². The van der Waals surface area contributed by atoms with Gasteiger partial charge in [0.25, 0.3) is 5.91 Å². The van der Waals surface area contributed by atoms with Gasteiger partial charge in [-0.2, -0.15) is 5.10 Å². The van der Waals surface area contributed by atoms with Gasteiger partial charge in [0.2, 0.25) is 0 Å². The van der Waals surface area contributed by atoms with Crippen LogP contribution in [0.1, 0.15) is 52.9 Å². The number of carbonyl (C=O) groups is 2. The van der Waals surface area contributed by atoms with Gasteiger partial charge in [-0.05, 0) is 54.2 Å². The molecule has 1 unspecified atom stereocenters. The summed E-state index contributed by atoms with van der Waals surface area (Å²) >= 11 is 6.39. The van der Waals surface area contributed by atoms with E-state index in [1.165, 1.54) is 12.1 Å². The van der Waals surface area contributed by atoms with Crippen LogP contribution in [0.5, 0.6) is 0 Å². The number of fused-ring (bicyclic) bond motifs is 1. The van der Waals surface area contributed by atoms with E-state index in [0.717, 1.165) is 24.7 Å². The highest BCUT2D eigenvalue weighted by Gasteiger charge is 2.26. The van der Waals surface area contributed by atoms with Gasteiger partial charge in [-0.25, -0.2) is 4.39 Å². The molecule has 1 atom stereocenters. The van der Waals surface area contributed by atoms with Crippen molar-refractivity contribution in [3.8, 4) is 0 Å². The lowest BCUT2D eigenvalue weighted by molar-refractivity contribution is -0.109. The lowest BCUT2D eigenvalue weighted by Gasteiger charge is -2.30. The molecule has 2 aliphatic rings. The van der Waals surface area contributed by atoms with E-state index in [-0.39, 0.29) is 12.3 Å². The van der Waals surface area contributed by atoms with Crippen molar-refractivity contribution in [2.24, 2.45) is 11.0 Å². The van der Waals surface area contributed by atoms with E-state index in [4.69, 9.17) is 11.6 Å². The van der Waals surface area contributed by atoms with Gasteiger partial charge >= 0.3 is 0 Å². The Bertz CT molecular complexity index is 1020. The summed E-state index contributed by atoms with van der Waals surface area (Å²) in [4.78, 5) is 26.1. The topological polar surface area (TPSA) is 61.8 Å². The van der Waals surface area contributed by atoms with Crippen molar-refractivity contribution in [1.29, 1.82) is 0 Å². The zero-order chi connectivity index (χ0) is 21.3. The number of nitrogens with zero attached hydrogens (tertiary/aromatic N) is 2. The summed E-state index contributed by atoms with van der Waals surface area (Å²) in [5, 5.41) is 4.80. The minimum atomic E-state index is -0.575. The number of hydrogen-bond donors (Lipinski definition) is 1. The smallest absolute Gasteiger partial charge is 0.253 e. The first-order valence-corrected chi connectivity index (χ1v) is 10.5. The zero-order valence-electron chi connectivity index (χ0n) is 16.7. The quantitative estimate of drug-likeness (QED) is 0.746. The molecule has 1 N–H and O–H groups in total. The van der Waals surface area contributed by atoms with Crippen molar-refractivity contribution >= 4 is 29.5 Å². The summed E-state index contributed by atoms with van der Waals surface area (Å²) in [5.41, 5.74) is 5.80. The lowest BCUT2D eigenvalue weighted by Crippen LogP contribution is -2.38. The Labute approximate surface area is 179 Å². The molecule has 5 nitrogen and oxygen atoms in total. The van der Waals surface area contributed by atoms with Gasteiger partial charge in [0, 0.05) is 30.6 Å². The third-order valence-corrected chi connectivity index (χ3v) is 6.11. The molecule has 2 heterocycles. The Morgan fingerprint density at radius 2 is 2.07 bits per heavy atom. The van der Waals surface area contributed by atoms with E-state index in [2.05, 4.69) is 17.5 Å². The van der Waals surface area contributed by atoms with Crippen LogP contribution in [0.15, 0.2) is 41.5 Å². The van der Waals surface area contributed by atoms with Gasteiger partial charge in [0.15, 0.2) is 0 Å². The highest BCUT2D eigenvalue weighted by molar-refractivity contribution is 6.34. The summed E-state index contributed by atoms with van der Waals surface area (Å²) in [6.07, 6.45) is 2.98. The van der Waals surface area contributed by atoms with Crippen LogP contribution in [-0.4, -0.2) is 35.9 Å². The maximum Gasteiger partial charge on any atom is 0.253 e. The number of hydrazone groups is 1. The number of nitrogens with one attached hydrogen (secondary N) is 1. The molecule has 30 heavy (non-hydrogen) atoms. The molecule has 1 amide bonds. The molecule has 0 saturated carbocycles. The number of amides is 1. The predicted molar refractivity (Wildman–Crippen MR) is 114 cm³/mol. The van der Waals surface area contributed by atoms with Crippen molar-refractivity contribution < 1.29 is 14.0 Å². The van der Waals surface area contributed by atoms with Crippen LogP contribution in [0, 0.1) is 11.7 Å². The second-order valence-corrected chi connectivity index (χ2v) is 8.41. The van der Waals surface area contributed by atoms with Gasteiger partial charge < -0.3 is 9.69 Å². The molecular formula is C23H23ClFN3O2. The highest BCUT2D eigenvalue weighted by Crippen LogP contribution is 2.29. The molecule has 7 heteroatoms. The largest absolute Gasteiger partial charge is 0.339 e. The van der Waals surface area contributed by atoms with Crippen molar-refractivity contribution in [2.45, 2.75) is 32.2 Å². The predicted octanol–water partition coefficient (Wildman–Crippen LogP) is 4.14. The molecule has 0 aliphatic carbocycles. The molecule has 1 fully saturated rings. The number of aldehydes is 1.